The number of hydrogen-bond donors (Lipinski definition) is 0. The van der Waals surface area contributed by atoms with Gasteiger partial charge in [-0.1, -0.05) is 0 Å². The molecule has 0 fully saturated rings. The summed E-state index contributed by atoms with van der Waals surface area (Å²) in [5.41, 5.74) is 0.833. The van der Waals surface area contributed by atoms with Gasteiger partial charge in [0.15, 0.2) is 0 Å². The first-order valence-electron chi connectivity index (χ1n) is 4.35. The lowest BCUT2D eigenvalue weighted by atomic mass is 10.2. The van der Waals surface area contributed by atoms with E-state index < -0.39 is 0 Å². The van der Waals surface area contributed by atoms with Gasteiger partial charge in [0.25, 0.3) is 0 Å². The van der Waals surface area contributed by atoms with E-state index in [0.717, 1.165) is 4.90 Å². The minimum atomic E-state index is -0.356. The van der Waals surface area contributed by atoms with Gasteiger partial charge in [0.05, 0.1) is 5.69 Å². The van der Waals surface area contributed by atoms with Gasteiger partial charge in [-0.15, -0.1) is 0 Å². The van der Waals surface area contributed by atoms with E-state index >= 15 is 0 Å². The molecule has 1 aromatic rings. The van der Waals surface area contributed by atoms with Crippen LogP contribution in [0.4, 0.5) is 5.69 Å². The van der Waals surface area contributed by atoms with Crippen LogP contribution in [-0.2, 0) is 14.4 Å². The molecular weight excluding hydrogens is 194 g/mol. The highest BCUT2D eigenvalue weighted by Gasteiger charge is 2.15. The second-order valence-electron chi connectivity index (χ2n) is 3.02. The maximum Gasteiger partial charge on any atom is 0.233 e. The number of nitrogens with zero attached hydrogens (tertiary/aromatic N) is 1. The van der Waals surface area contributed by atoms with E-state index in [2.05, 4.69) is 0 Å². The van der Waals surface area contributed by atoms with Gasteiger partial charge in [-0.05, 0) is 24.3 Å². The Balaban J connectivity index is 3.07. The Bertz CT molecular complexity index is 381. The maximum atomic E-state index is 11.2. The summed E-state index contributed by atoms with van der Waals surface area (Å²) in [6.45, 7) is 2.61. The molecule has 1 aromatic carbocycles. The quantitative estimate of drug-likeness (QED) is 0.723. The lowest BCUT2D eigenvalue weighted by molar-refractivity contribution is -0.124. The van der Waals surface area contributed by atoms with Crippen molar-refractivity contribution in [2.24, 2.45) is 0 Å². The fourth-order valence-corrected chi connectivity index (χ4v) is 1.26. The Morgan fingerprint density at radius 3 is 1.87 bits per heavy atom. The van der Waals surface area contributed by atoms with Gasteiger partial charge in [-0.2, -0.15) is 0 Å². The molecule has 0 spiro atoms. The summed E-state index contributed by atoms with van der Waals surface area (Å²) in [5, 5.41) is 0. The molecule has 0 aromatic heterocycles. The van der Waals surface area contributed by atoms with Crippen molar-refractivity contribution in [3.05, 3.63) is 29.8 Å². The van der Waals surface area contributed by atoms with E-state index in [0.29, 0.717) is 11.3 Å². The topological polar surface area (TPSA) is 54.5 Å². The molecule has 0 saturated carbocycles. The second kappa shape index (κ2) is 4.50. The third-order valence-corrected chi connectivity index (χ3v) is 1.87. The maximum absolute atomic E-state index is 11.2. The molecule has 1 rings (SSSR count). The van der Waals surface area contributed by atoms with Crippen molar-refractivity contribution in [1.82, 2.24) is 0 Å². The molecule has 0 aliphatic carbocycles. The van der Waals surface area contributed by atoms with Crippen LogP contribution >= 0.6 is 0 Å². The standard InChI is InChI=1S/C11H10NO3/c1-8(14)12(9(2)15)11-5-3-10(7-13)4-6-11/h3-6H,1-2H3. The van der Waals surface area contributed by atoms with Crippen molar-refractivity contribution >= 4 is 23.8 Å². The summed E-state index contributed by atoms with van der Waals surface area (Å²) in [6, 6.07) is 6.06. The Kier molecular flexibility index (Phi) is 3.33. The molecule has 0 atom stereocenters. The highest BCUT2D eigenvalue weighted by molar-refractivity contribution is 6.13. The summed E-state index contributed by atoms with van der Waals surface area (Å²) in [4.78, 5) is 33.7. The average molecular weight is 204 g/mol. The minimum absolute atomic E-state index is 0.356. The fraction of sp³-hybridized carbons (Fsp3) is 0.182. The monoisotopic (exact) mass is 204 g/mol. The summed E-state index contributed by atoms with van der Waals surface area (Å²) < 4.78 is 0. The predicted molar refractivity (Wildman–Crippen MR) is 55.1 cm³/mol. The first kappa shape index (κ1) is 11.1. The molecule has 0 bridgehead atoms. The SMILES string of the molecule is CC(=O)N(C(C)=O)c1ccc([C]=O)cc1. The first-order chi connectivity index (χ1) is 7.06. The summed E-state index contributed by atoms with van der Waals surface area (Å²) in [7, 11) is 0. The van der Waals surface area contributed by atoms with Crippen LogP contribution < -0.4 is 4.90 Å². The molecule has 0 unspecified atom stereocenters. The summed E-state index contributed by atoms with van der Waals surface area (Å²) >= 11 is 0. The third-order valence-electron chi connectivity index (χ3n) is 1.87. The molecule has 0 heterocycles. The van der Waals surface area contributed by atoms with Crippen molar-refractivity contribution in [3.8, 4) is 0 Å². The highest BCUT2D eigenvalue weighted by atomic mass is 16.2. The van der Waals surface area contributed by atoms with Gasteiger partial charge >= 0.3 is 0 Å². The number of anilines is 1. The van der Waals surface area contributed by atoms with Crippen molar-refractivity contribution in [1.29, 1.82) is 0 Å². The van der Waals surface area contributed by atoms with Crippen molar-refractivity contribution < 1.29 is 14.4 Å². The highest BCUT2D eigenvalue weighted by Crippen LogP contribution is 2.15. The van der Waals surface area contributed by atoms with E-state index in [1.54, 1.807) is 6.29 Å². The molecule has 2 amide bonds. The molecule has 4 heteroatoms. The van der Waals surface area contributed by atoms with Crippen LogP contribution in [0, 0.1) is 0 Å². The van der Waals surface area contributed by atoms with Crippen LogP contribution in [0.1, 0.15) is 19.4 Å². The number of imide groups is 1. The Hall–Kier alpha value is -1.97. The largest absolute Gasteiger partial charge is 0.285 e. The van der Waals surface area contributed by atoms with Crippen LogP contribution in [0.2, 0.25) is 0 Å². The van der Waals surface area contributed by atoms with E-state index in [-0.39, 0.29) is 11.8 Å². The number of carbonyl (C=O) groups excluding carboxylic acids is 3. The van der Waals surface area contributed by atoms with E-state index in [4.69, 9.17) is 0 Å². The Morgan fingerprint density at radius 2 is 1.53 bits per heavy atom. The van der Waals surface area contributed by atoms with Gasteiger partial charge in [-0.25, -0.2) is 0 Å². The molecular formula is C11H10NO3. The zero-order chi connectivity index (χ0) is 11.4. The molecule has 0 aliphatic rings. The van der Waals surface area contributed by atoms with Crippen LogP contribution in [0.25, 0.3) is 0 Å². The Labute approximate surface area is 87.5 Å². The lowest BCUT2D eigenvalue weighted by Crippen LogP contribution is -2.32. The number of hydrogen-bond acceptors (Lipinski definition) is 3. The van der Waals surface area contributed by atoms with E-state index in [1.807, 2.05) is 0 Å². The van der Waals surface area contributed by atoms with Gasteiger partial charge in [0, 0.05) is 19.4 Å². The molecule has 15 heavy (non-hydrogen) atoms. The molecule has 4 nitrogen and oxygen atoms in total. The second-order valence-corrected chi connectivity index (χ2v) is 3.02. The summed E-state index contributed by atoms with van der Waals surface area (Å²) in [6.07, 6.45) is 1.71. The zero-order valence-electron chi connectivity index (χ0n) is 8.48. The molecule has 0 saturated heterocycles. The zero-order valence-corrected chi connectivity index (χ0v) is 8.48. The van der Waals surface area contributed by atoms with Crippen LogP contribution in [0.5, 0.6) is 0 Å². The Morgan fingerprint density at radius 1 is 1.07 bits per heavy atom. The lowest BCUT2D eigenvalue weighted by Gasteiger charge is -2.16. The third kappa shape index (κ3) is 2.49. The van der Waals surface area contributed by atoms with Crippen LogP contribution in [0.15, 0.2) is 24.3 Å². The normalized spacial score (nSPS) is 9.47. The van der Waals surface area contributed by atoms with Crippen molar-refractivity contribution in [3.63, 3.8) is 0 Å². The van der Waals surface area contributed by atoms with Gasteiger partial charge in [0.1, 0.15) is 0 Å². The molecule has 77 valence electrons. The van der Waals surface area contributed by atoms with Crippen LogP contribution in [-0.4, -0.2) is 18.1 Å². The number of rotatable bonds is 2. The van der Waals surface area contributed by atoms with E-state index in [9.17, 15) is 14.4 Å². The number of carbonyl (C=O) groups is 2. The average Bonchev–Trinajstić information content (AvgIpc) is 2.18. The summed E-state index contributed by atoms with van der Waals surface area (Å²) in [5.74, 6) is -0.712. The van der Waals surface area contributed by atoms with Gasteiger partial charge in [-0.3, -0.25) is 19.3 Å². The minimum Gasteiger partial charge on any atom is -0.285 e. The smallest absolute Gasteiger partial charge is 0.233 e. The molecule has 1 radical (unpaired) electrons. The fourth-order valence-electron chi connectivity index (χ4n) is 1.26. The predicted octanol–water partition coefficient (Wildman–Crippen LogP) is 1.04. The van der Waals surface area contributed by atoms with Gasteiger partial charge < -0.3 is 0 Å². The number of amides is 2. The van der Waals surface area contributed by atoms with Crippen molar-refractivity contribution in [2.75, 3.05) is 4.90 Å². The van der Waals surface area contributed by atoms with Gasteiger partial charge in [0.2, 0.25) is 18.1 Å². The first-order valence-corrected chi connectivity index (χ1v) is 4.35. The van der Waals surface area contributed by atoms with Crippen molar-refractivity contribution in [2.45, 2.75) is 13.8 Å². The molecule has 0 N–H and O–H groups in total. The van der Waals surface area contributed by atoms with E-state index in [1.165, 1.54) is 38.1 Å². The molecule has 0 aliphatic heterocycles. The number of benzene rings is 1. The van der Waals surface area contributed by atoms with Crippen LogP contribution in [0.3, 0.4) is 0 Å².